The van der Waals surface area contributed by atoms with Crippen molar-refractivity contribution in [3.05, 3.63) is 60.7 Å². The van der Waals surface area contributed by atoms with Crippen LogP contribution in [0.4, 0.5) is 0 Å². The highest BCUT2D eigenvalue weighted by Crippen LogP contribution is 2.37. The molecule has 0 amide bonds. The third-order valence-corrected chi connectivity index (χ3v) is 10.8. The maximum atomic E-state index is 10.3. The Kier molecular flexibility index (Phi) is 6.93. The Bertz CT molecular complexity index is 722. The molecule has 3 N–H and O–H groups in total. The van der Waals surface area contributed by atoms with E-state index in [2.05, 4.69) is 45.0 Å². The number of rotatable bonds is 6. The fourth-order valence-corrected chi connectivity index (χ4v) is 8.79. The van der Waals surface area contributed by atoms with E-state index < -0.39 is 32.7 Å². The van der Waals surface area contributed by atoms with Crippen molar-refractivity contribution in [1.29, 1.82) is 0 Å². The van der Waals surface area contributed by atoms with E-state index in [0.717, 1.165) is 0 Å². The summed E-state index contributed by atoms with van der Waals surface area (Å²) in [5.74, 6) is 0. The Balaban J connectivity index is 1.88. The summed E-state index contributed by atoms with van der Waals surface area (Å²) >= 11 is 0. The molecule has 0 aromatic heterocycles. The van der Waals surface area contributed by atoms with Crippen molar-refractivity contribution in [1.82, 2.24) is 0 Å². The van der Waals surface area contributed by atoms with E-state index >= 15 is 0 Å². The van der Waals surface area contributed by atoms with E-state index in [-0.39, 0.29) is 11.6 Å². The fraction of sp³-hybridized carbons (Fsp3) is 0.478. The number of hydrogen-bond donors (Lipinski definition) is 3. The zero-order valence-electron chi connectivity index (χ0n) is 17.4. The Labute approximate surface area is 174 Å². The second-order valence-electron chi connectivity index (χ2n) is 8.72. The molecule has 158 valence electrons. The Morgan fingerprint density at radius 3 is 1.90 bits per heavy atom. The molecule has 0 saturated carbocycles. The van der Waals surface area contributed by atoms with Gasteiger partial charge in [-0.15, -0.1) is 0 Å². The first-order chi connectivity index (χ1) is 13.8. The first kappa shape index (κ1) is 22.1. The highest BCUT2D eigenvalue weighted by Gasteiger charge is 2.50. The van der Waals surface area contributed by atoms with Crippen molar-refractivity contribution in [3.8, 4) is 0 Å². The SMILES string of the molecule is CC(C)(C)[Si](OCC[C@@H]1OC[C@H](O)[C@@H](O)[C@H]1O)(c1ccccc1)c1ccccc1. The van der Waals surface area contributed by atoms with Crippen molar-refractivity contribution in [2.45, 2.75) is 56.6 Å². The van der Waals surface area contributed by atoms with Gasteiger partial charge < -0.3 is 24.5 Å². The summed E-state index contributed by atoms with van der Waals surface area (Å²) in [6, 6.07) is 20.7. The van der Waals surface area contributed by atoms with Gasteiger partial charge in [-0.1, -0.05) is 81.4 Å². The van der Waals surface area contributed by atoms with Gasteiger partial charge in [-0.25, -0.2) is 0 Å². The summed E-state index contributed by atoms with van der Waals surface area (Å²) in [7, 11) is -2.64. The van der Waals surface area contributed by atoms with Gasteiger partial charge in [0.25, 0.3) is 8.32 Å². The molecule has 2 aromatic rings. The quantitative estimate of drug-likeness (QED) is 0.621. The van der Waals surface area contributed by atoms with Crippen LogP contribution in [0.5, 0.6) is 0 Å². The molecule has 6 heteroatoms. The molecule has 1 fully saturated rings. The van der Waals surface area contributed by atoms with Gasteiger partial charge in [0.15, 0.2) is 0 Å². The Hall–Kier alpha value is -1.54. The largest absolute Gasteiger partial charge is 0.407 e. The van der Waals surface area contributed by atoms with Gasteiger partial charge in [0.1, 0.15) is 18.3 Å². The normalized spacial score (nSPS) is 25.7. The summed E-state index contributed by atoms with van der Waals surface area (Å²) in [5, 5.41) is 32.1. The van der Waals surface area contributed by atoms with Gasteiger partial charge in [-0.3, -0.25) is 0 Å². The number of benzene rings is 2. The van der Waals surface area contributed by atoms with Crippen LogP contribution in [0.15, 0.2) is 60.7 Å². The predicted molar refractivity (Wildman–Crippen MR) is 116 cm³/mol. The fourth-order valence-electron chi connectivity index (χ4n) is 4.21. The first-order valence-corrected chi connectivity index (χ1v) is 12.1. The van der Waals surface area contributed by atoms with Crippen molar-refractivity contribution in [2.24, 2.45) is 0 Å². The minimum atomic E-state index is -2.64. The standard InChI is InChI=1S/C23H32O5Si/c1-23(2,3)29(17-10-6-4-7-11-17,18-12-8-5-9-13-18)28-15-14-20-22(26)21(25)19(24)16-27-20/h4-13,19-22,24-26H,14-16H2,1-3H3/t19-,20-,21+,22-/m0/s1. The Morgan fingerprint density at radius 2 is 1.41 bits per heavy atom. The van der Waals surface area contributed by atoms with Gasteiger partial charge in [-0.05, 0) is 21.8 Å². The zero-order valence-corrected chi connectivity index (χ0v) is 18.4. The molecule has 0 unspecified atom stereocenters. The van der Waals surface area contributed by atoms with Crippen LogP contribution in [0.3, 0.4) is 0 Å². The highest BCUT2D eigenvalue weighted by molar-refractivity contribution is 6.99. The molecular formula is C23H32O5Si. The van der Waals surface area contributed by atoms with E-state index in [9.17, 15) is 15.3 Å². The smallest absolute Gasteiger partial charge is 0.261 e. The van der Waals surface area contributed by atoms with Crippen LogP contribution in [-0.4, -0.2) is 61.3 Å². The molecule has 2 aromatic carbocycles. The number of aliphatic hydroxyl groups is 3. The molecule has 29 heavy (non-hydrogen) atoms. The van der Waals surface area contributed by atoms with Crippen LogP contribution in [0.2, 0.25) is 5.04 Å². The van der Waals surface area contributed by atoms with E-state index in [1.54, 1.807) is 0 Å². The second kappa shape index (κ2) is 9.08. The summed E-state index contributed by atoms with van der Waals surface area (Å²) in [4.78, 5) is 0. The van der Waals surface area contributed by atoms with Gasteiger partial charge in [0, 0.05) is 6.61 Å². The molecular weight excluding hydrogens is 384 g/mol. The van der Waals surface area contributed by atoms with Crippen LogP contribution >= 0.6 is 0 Å². The molecule has 0 spiro atoms. The van der Waals surface area contributed by atoms with Gasteiger partial charge in [0.05, 0.1) is 12.7 Å². The minimum absolute atomic E-state index is 0.0160. The number of ether oxygens (including phenoxy) is 1. The maximum Gasteiger partial charge on any atom is 0.261 e. The number of hydrogen-bond acceptors (Lipinski definition) is 5. The van der Waals surface area contributed by atoms with Crippen LogP contribution in [-0.2, 0) is 9.16 Å². The van der Waals surface area contributed by atoms with Crippen LogP contribution in [0, 0.1) is 0 Å². The van der Waals surface area contributed by atoms with Crippen molar-refractivity contribution in [2.75, 3.05) is 13.2 Å². The van der Waals surface area contributed by atoms with Crippen molar-refractivity contribution in [3.63, 3.8) is 0 Å². The lowest BCUT2D eigenvalue weighted by molar-refractivity contribution is -0.189. The average molecular weight is 417 g/mol. The monoisotopic (exact) mass is 416 g/mol. The average Bonchev–Trinajstić information content (AvgIpc) is 2.71. The van der Waals surface area contributed by atoms with Gasteiger partial charge in [0.2, 0.25) is 0 Å². The lowest BCUT2D eigenvalue weighted by atomic mass is 9.98. The lowest BCUT2D eigenvalue weighted by Gasteiger charge is -2.43. The van der Waals surface area contributed by atoms with Crippen LogP contribution in [0.25, 0.3) is 0 Å². The van der Waals surface area contributed by atoms with Crippen LogP contribution < -0.4 is 10.4 Å². The van der Waals surface area contributed by atoms with Gasteiger partial charge in [-0.2, -0.15) is 0 Å². The van der Waals surface area contributed by atoms with Crippen LogP contribution in [0.1, 0.15) is 27.2 Å². The number of aliphatic hydroxyl groups excluding tert-OH is 3. The molecule has 0 bridgehead atoms. The van der Waals surface area contributed by atoms with E-state index in [1.165, 1.54) is 10.4 Å². The molecule has 1 heterocycles. The summed E-state index contributed by atoms with van der Waals surface area (Å²) in [5.41, 5.74) is 0. The van der Waals surface area contributed by atoms with E-state index in [1.807, 2.05) is 36.4 Å². The molecule has 0 radical (unpaired) electrons. The third-order valence-electron chi connectivity index (χ3n) is 5.74. The molecule has 3 rings (SSSR count). The van der Waals surface area contributed by atoms with E-state index in [0.29, 0.717) is 13.0 Å². The molecule has 4 atom stereocenters. The van der Waals surface area contributed by atoms with E-state index in [4.69, 9.17) is 9.16 Å². The Morgan fingerprint density at radius 1 is 0.897 bits per heavy atom. The molecule has 1 saturated heterocycles. The molecule has 1 aliphatic heterocycles. The van der Waals surface area contributed by atoms with Crippen molar-refractivity contribution >= 4 is 18.7 Å². The molecule has 1 aliphatic rings. The topological polar surface area (TPSA) is 79.2 Å². The second-order valence-corrected chi connectivity index (χ2v) is 13.0. The molecule has 0 aliphatic carbocycles. The maximum absolute atomic E-state index is 10.3. The minimum Gasteiger partial charge on any atom is -0.407 e. The third kappa shape index (κ3) is 4.48. The first-order valence-electron chi connectivity index (χ1n) is 10.2. The zero-order chi connectivity index (χ0) is 21.1. The lowest BCUT2D eigenvalue weighted by Crippen LogP contribution is -2.66. The highest BCUT2D eigenvalue weighted by atomic mass is 28.4. The predicted octanol–water partition coefficient (Wildman–Crippen LogP) is 1.43. The summed E-state index contributed by atoms with van der Waals surface area (Å²) in [6.45, 7) is 7.04. The summed E-state index contributed by atoms with van der Waals surface area (Å²) in [6.07, 6.45) is -3.50. The molecule has 5 nitrogen and oxygen atoms in total. The van der Waals surface area contributed by atoms with Gasteiger partial charge >= 0.3 is 0 Å². The summed E-state index contributed by atoms with van der Waals surface area (Å²) < 4.78 is 12.3. The van der Waals surface area contributed by atoms with Crippen molar-refractivity contribution < 1.29 is 24.5 Å².